The van der Waals surface area contributed by atoms with E-state index in [1.54, 1.807) is 0 Å². The smallest absolute Gasteiger partial charge is 0.322 e. The molecule has 100 valence electrons. The Bertz CT molecular complexity index is 248. The van der Waals surface area contributed by atoms with Crippen molar-refractivity contribution in [1.82, 2.24) is 4.90 Å². The second-order valence-electron chi connectivity index (χ2n) is 5.51. The molecule has 1 aliphatic rings. The molecule has 1 rings (SSSR count). The van der Waals surface area contributed by atoms with Crippen LogP contribution in [0.15, 0.2) is 0 Å². The molecule has 0 saturated heterocycles. The molecule has 1 fully saturated rings. The first kappa shape index (κ1) is 14.5. The summed E-state index contributed by atoms with van der Waals surface area (Å²) in [6.45, 7) is 3.24. The predicted molar refractivity (Wildman–Crippen MR) is 68.7 cm³/mol. The van der Waals surface area contributed by atoms with Gasteiger partial charge in [-0.1, -0.05) is 12.8 Å². The van der Waals surface area contributed by atoms with Crippen molar-refractivity contribution in [1.29, 1.82) is 0 Å². The van der Waals surface area contributed by atoms with E-state index in [0.29, 0.717) is 6.61 Å². The van der Waals surface area contributed by atoms with Gasteiger partial charge in [-0.2, -0.15) is 0 Å². The molecule has 0 aromatic heterocycles. The predicted octanol–water partition coefficient (Wildman–Crippen LogP) is 1.39. The Morgan fingerprint density at radius 3 is 2.47 bits per heavy atom. The van der Waals surface area contributed by atoms with Crippen molar-refractivity contribution < 1.29 is 9.53 Å². The number of carbonyl (C=O) groups is 1. The lowest BCUT2D eigenvalue weighted by Gasteiger charge is -2.33. The van der Waals surface area contributed by atoms with Gasteiger partial charge in [0.15, 0.2) is 0 Å². The minimum Gasteiger partial charge on any atom is -0.465 e. The molecule has 2 N–H and O–H groups in total. The molecule has 4 heteroatoms. The summed E-state index contributed by atoms with van der Waals surface area (Å²) in [5.74, 6) is -0.252. The summed E-state index contributed by atoms with van der Waals surface area (Å²) in [7, 11) is 4.16. The molecule has 0 radical (unpaired) electrons. The molecule has 1 atom stereocenters. The van der Waals surface area contributed by atoms with E-state index in [1.165, 1.54) is 25.7 Å². The van der Waals surface area contributed by atoms with E-state index >= 15 is 0 Å². The molecular weight excluding hydrogens is 216 g/mol. The maximum Gasteiger partial charge on any atom is 0.322 e. The van der Waals surface area contributed by atoms with Crippen LogP contribution in [0, 0.1) is 5.41 Å². The van der Waals surface area contributed by atoms with Crippen molar-refractivity contribution in [3.05, 3.63) is 0 Å². The molecule has 0 aromatic rings. The average molecular weight is 242 g/mol. The van der Waals surface area contributed by atoms with E-state index in [2.05, 4.69) is 19.0 Å². The molecule has 0 aliphatic heterocycles. The van der Waals surface area contributed by atoms with E-state index in [0.717, 1.165) is 13.0 Å². The van der Waals surface area contributed by atoms with Gasteiger partial charge in [-0.05, 0) is 45.7 Å². The van der Waals surface area contributed by atoms with Crippen LogP contribution in [0.25, 0.3) is 0 Å². The zero-order valence-corrected chi connectivity index (χ0v) is 11.4. The lowest BCUT2D eigenvalue weighted by Crippen LogP contribution is -2.41. The van der Waals surface area contributed by atoms with Crippen LogP contribution in [0.2, 0.25) is 0 Å². The highest BCUT2D eigenvalue weighted by molar-refractivity contribution is 5.75. The highest BCUT2D eigenvalue weighted by atomic mass is 16.5. The fourth-order valence-electron chi connectivity index (χ4n) is 3.02. The summed E-state index contributed by atoms with van der Waals surface area (Å²) in [4.78, 5) is 13.8. The molecule has 0 spiro atoms. The number of ether oxygens (including phenoxy) is 1. The van der Waals surface area contributed by atoms with E-state index in [-0.39, 0.29) is 11.4 Å². The standard InChI is InChI=1S/C13H26N2O2/c1-4-17-12(16)11(14)9-13(10-15(2)3)7-5-6-8-13/h11H,4-10,14H2,1-3H3. The highest BCUT2D eigenvalue weighted by Crippen LogP contribution is 2.42. The third kappa shape index (κ3) is 4.28. The van der Waals surface area contributed by atoms with E-state index in [4.69, 9.17) is 10.5 Å². The number of carbonyl (C=O) groups excluding carboxylic acids is 1. The van der Waals surface area contributed by atoms with Crippen LogP contribution in [0.1, 0.15) is 39.0 Å². The summed E-state index contributed by atoms with van der Waals surface area (Å²) < 4.78 is 4.99. The van der Waals surface area contributed by atoms with Gasteiger partial charge in [-0.15, -0.1) is 0 Å². The van der Waals surface area contributed by atoms with Crippen molar-refractivity contribution in [3.8, 4) is 0 Å². The topological polar surface area (TPSA) is 55.6 Å². The number of rotatable bonds is 6. The maximum absolute atomic E-state index is 11.6. The lowest BCUT2D eigenvalue weighted by molar-refractivity contribution is -0.145. The zero-order chi connectivity index (χ0) is 12.9. The quantitative estimate of drug-likeness (QED) is 0.715. The normalized spacial score (nSPS) is 20.5. The molecule has 1 aliphatic carbocycles. The van der Waals surface area contributed by atoms with Crippen molar-refractivity contribution >= 4 is 5.97 Å². The van der Waals surface area contributed by atoms with Gasteiger partial charge < -0.3 is 15.4 Å². The molecule has 17 heavy (non-hydrogen) atoms. The van der Waals surface area contributed by atoms with Gasteiger partial charge in [-0.25, -0.2) is 0 Å². The van der Waals surface area contributed by atoms with E-state index in [9.17, 15) is 4.79 Å². The third-order valence-corrected chi connectivity index (χ3v) is 3.56. The Hall–Kier alpha value is -0.610. The van der Waals surface area contributed by atoms with Gasteiger partial charge in [0.25, 0.3) is 0 Å². The Labute approximate surface area is 104 Å². The van der Waals surface area contributed by atoms with Crippen molar-refractivity contribution in [2.45, 2.75) is 45.1 Å². The second kappa shape index (κ2) is 6.36. The van der Waals surface area contributed by atoms with Crippen LogP contribution in [-0.4, -0.2) is 44.2 Å². The number of hydrogen-bond acceptors (Lipinski definition) is 4. The molecule has 0 heterocycles. The number of hydrogen-bond donors (Lipinski definition) is 1. The SMILES string of the molecule is CCOC(=O)C(N)CC1(CN(C)C)CCCC1. The van der Waals surface area contributed by atoms with Crippen LogP contribution in [0.5, 0.6) is 0 Å². The third-order valence-electron chi connectivity index (χ3n) is 3.56. The fourth-order valence-corrected chi connectivity index (χ4v) is 3.02. The van der Waals surface area contributed by atoms with Crippen LogP contribution in [0.4, 0.5) is 0 Å². The fraction of sp³-hybridized carbons (Fsp3) is 0.923. The summed E-state index contributed by atoms with van der Waals surface area (Å²) in [6.07, 6.45) is 5.62. The Morgan fingerprint density at radius 1 is 1.41 bits per heavy atom. The zero-order valence-electron chi connectivity index (χ0n) is 11.4. The monoisotopic (exact) mass is 242 g/mol. The van der Waals surface area contributed by atoms with Crippen LogP contribution >= 0.6 is 0 Å². The van der Waals surface area contributed by atoms with Gasteiger partial charge in [0, 0.05) is 6.54 Å². The number of esters is 1. The van der Waals surface area contributed by atoms with E-state index < -0.39 is 6.04 Å². The molecule has 0 amide bonds. The molecule has 1 unspecified atom stereocenters. The maximum atomic E-state index is 11.6. The summed E-state index contributed by atoms with van der Waals surface area (Å²) in [6, 6.07) is -0.465. The Balaban J connectivity index is 2.57. The minimum atomic E-state index is -0.465. The first-order valence-corrected chi connectivity index (χ1v) is 6.56. The largest absolute Gasteiger partial charge is 0.465 e. The molecular formula is C13H26N2O2. The second-order valence-corrected chi connectivity index (χ2v) is 5.51. The van der Waals surface area contributed by atoms with Crippen LogP contribution in [-0.2, 0) is 9.53 Å². The number of nitrogens with zero attached hydrogens (tertiary/aromatic N) is 1. The van der Waals surface area contributed by atoms with Gasteiger partial charge >= 0.3 is 5.97 Å². The van der Waals surface area contributed by atoms with Crippen LogP contribution < -0.4 is 5.73 Å². The minimum absolute atomic E-state index is 0.218. The van der Waals surface area contributed by atoms with Crippen molar-refractivity contribution in [3.63, 3.8) is 0 Å². The first-order chi connectivity index (χ1) is 7.99. The molecule has 0 bridgehead atoms. The Kier molecular flexibility index (Phi) is 5.40. The van der Waals surface area contributed by atoms with Gasteiger partial charge in [0.05, 0.1) is 6.61 Å². The summed E-state index contributed by atoms with van der Waals surface area (Å²) in [5.41, 5.74) is 6.17. The van der Waals surface area contributed by atoms with Gasteiger partial charge in [0.1, 0.15) is 6.04 Å². The average Bonchev–Trinajstić information content (AvgIpc) is 2.65. The lowest BCUT2D eigenvalue weighted by atomic mass is 9.79. The van der Waals surface area contributed by atoms with Crippen LogP contribution in [0.3, 0.4) is 0 Å². The Morgan fingerprint density at radius 2 is 2.00 bits per heavy atom. The van der Waals surface area contributed by atoms with Gasteiger partial charge in [0.2, 0.25) is 0 Å². The summed E-state index contributed by atoms with van der Waals surface area (Å²) >= 11 is 0. The molecule has 1 saturated carbocycles. The van der Waals surface area contributed by atoms with E-state index in [1.807, 2.05) is 6.92 Å². The van der Waals surface area contributed by atoms with Crippen molar-refractivity contribution in [2.24, 2.45) is 11.1 Å². The molecule has 4 nitrogen and oxygen atoms in total. The van der Waals surface area contributed by atoms with Gasteiger partial charge in [-0.3, -0.25) is 4.79 Å². The number of nitrogens with two attached hydrogens (primary N) is 1. The molecule has 0 aromatic carbocycles. The first-order valence-electron chi connectivity index (χ1n) is 6.56. The van der Waals surface area contributed by atoms with Crippen molar-refractivity contribution in [2.75, 3.05) is 27.2 Å². The summed E-state index contributed by atoms with van der Waals surface area (Å²) in [5, 5.41) is 0. The highest BCUT2D eigenvalue weighted by Gasteiger charge is 2.37.